The molecule has 1 saturated heterocycles. The standard InChI is InChI=1S/C23H20ClN3O5S/c24-19-8-4-5-9-21(19)33(31,32)22-11-10-17(16-20(22)27(29)30)23(28)26-14-12-25(13-15-26)18-6-2-1-3-7-18/h1-11,16H,12-15H2. The Morgan fingerprint density at radius 3 is 2.15 bits per heavy atom. The van der Waals surface area contributed by atoms with E-state index in [1.54, 1.807) is 11.0 Å². The summed E-state index contributed by atoms with van der Waals surface area (Å²) < 4.78 is 26.1. The largest absolute Gasteiger partial charge is 0.368 e. The van der Waals surface area contributed by atoms with Crippen LogP contribution in [0.1, 0.15) is 10.4 Å². The number of para-hydroxylation sites is 1. The molecule has 3 aromatic carbocycles. The zero-order chi connectivity index (χ0) is 23.6. The van der Waals surface area contributed by atoms with E-state index < -0.39 is 25.3 Å². The van der Waals surface area contributed by atoms with E-state index in [0.29, 0.717) is 26.2 Å². The molecule has 4 rings (SSSR count). The van der Waals surface area contributed by atoms with Crippen LogP contribution < -0.4 is 4.90 Å². The van der Waals surface area contributed by atoms with Crippen LogP contribution in [0.4, 0.5) is 11.4 Å². The first-order chi connectivity index (χ1) is 15.8. The van der Waals surface area contributed by atoms with Gasteiger partial charge in [-0.25, -0.2) is 8.42 Å². The number of benzene rings is 3. The molecular weight excluding hydrogens is 466 g/mol. The highest BCUT2D eigenvalue weighted by Crippen LogP contribution is 2.33. The van der Waals surface area contributed by atoms with Crippen molar-refractivity contribution in [3.05, 3.63) is 93.5 Å². The number of nitrogens with zero attached hydrogens (tertiary/aromatic N) is 3. The minimum absolute atomic E-state index is 0.0387. The average Bonchev–Trinajstić information content (AvgIpc) is 2.84. The summed E-state index contributed by atoms with van der Waals surface area (Å²) in [5, 5.41) is 11.7. The fraction of sp³-hybridized carbons (Fsp3) is 0.174. The van der Waals surface area contributed by atoms with Crippen molar-refractivity contribution in [3.8, 4) is 0 Å². The van der Waals surface area contributed by atoms with Crippen LogP contribution in [-0.2, 0) is 9.84 Å². The molecule has 1 aliphatic heterocycles. The molecule has 33 heavy (non-hydrogen) atoms. The molecular formula is C23H20ClN3O5S. The summed E-state index contributed by atoms with van der Waals surface area (Å²) in [4.78, 5) is 27.0. The molecule has 0 spiro atoms. The SMILES string of the molecule is O=C(c1ccc(S(=O)(=O)c2ccccc2Cl)c([N+](=O)[O-])c1)N1CCN(c2ccccc2)CC1. The maximum Gasteiger partial charge on any atom is 0.289 e. The van der Waals surface area contributed by atoms with Crippen molar-refractivity contribution in [3.63, 3.8) is 0 Å². The zero-order valence-electron chi connectivity index (χ0n) is 17.4. The number of nitro benzene ring substituents is 1. The van der Waals surface area contributed by atoms with Gasteiger partial charge in [0, 0.05) is 43.5 Å². The van der Waals surface area contributed by atoms with Gasteiger partial charge in [-0.1, -0.05) is 41.9 Å². The third kappa shape index (κ3) is 4.55. The molecule has 0 N–H and O–H groups in total. The summed E-state index contributed by atoms with van der Waals surface area (Å²) in [5.74, 6) is -0.382. The fourth-order valence-corrected chi connectivity index (χ4v) is 5.71. The third-order valence-electron chi connectivity index (χ3n) is 5.51. The van der Waals surface area contributed by atoms with Gasteiger partial charge in [0.1, 0.15) is 4.90 Å². The zero-order valence-corrected chi connectivity index (χ0v) is 19.0. The monoisotopic (exact) mass is 485 g/mol. The highest BCUT2D eigenvalue weighted by molar-refractivity contribution is 7.91. The lowest BCUT2D eigenvalue weighted by Gasteiger charge is -2.36. The number of anilines is 1. The Kier molecular flexibility index (Phi) is 6.35. The Morgan fingerprint density at radius 1 is 0.879 bits per heavy atom. The molecule has 1 fully saturated rings. The summed E-state index contributed by atoms with van der Waals surface area (Å²) in [5.41, 5.74) is 0.464. The minimum Gasteiger partial charge on any atom is -0.368 e. The number of piperazine rings is 1. The van der Waals surface area contributed by atoms with Gasteiger partial charge in [-0.2, -0.15) is 0 Å². The van der Waals surface area contributed by atoms with Crippen LogP contribution in [-0.4, -0.2) is 50.3 Å². The number of amides is 1. The van der Waals surface area contributed by atoms with Crippen LogP contribution in [0.5, 0.6) is 0 Å². The molecule has 1 heterocycles. The van der Waals surface area contributed by atoms with Gasteiger partial charge in [-0.3, -0.25) is 14.9 Å². The number of hydrogen-bond donors (Lipinski definition) is 0. The first-order valence-corrected chi connectivity index (χ1v) is 12.0. The molecule has 1 aliphatic rings. The Balaban J connectivity index is 1.59. The molecule has 0 aromatic heterocycles. The summed E-state index contributed by atoms with van der Waals surface area (Å²) in [6.45, 7) is 2.13. The predicted molar refractivity (Wildman–Crippen MR) is 125 cm³/mol. The second-order valence-corrected chi connectivity index (χ2v) is 9.78. The van der Waals surface area contributed by atoms with Gasteiger partial charge >= 0.3 is 0 Å². The number of hydrogen-bond acceptors (Lipinski definition) is 6. The Labute approximate surface area is 196 Å². The van der Waals surface area contributed by atoms with Crippen LogP contribution in [0.15, 0.2) is 82.6 Å². The van der Waals surface area contributed by atoms with Gasteiger partial charge in [0.15, 0.2) is 0 Å². The van der Waals surface area contributed by atoms with Crippen LogP contribution in [0.25, 0.3) is 0 Å². The molecule has 3 aromatic rings. The number of nitro groups is 1. The summed E-state index contributed by atoms with van der Waals surface area (Å²) in [6, 6.07) is 19.0. The molecule has 0 aliphatic carbocycles. The summed E-state index contributed by atoms with van der Waals surface area (Å²) in [6.07, 6.45) is 0. The molecule has 0 radical (unpaired) electrons. The number of carbonyl (C=O) groups excluding carboxylic acids is 1. The van der Waals surface area contributed by atoms with E-state index in [1.807, 2.05) is 30.3 Å². The lowest BCUT2D eigenvalue weighted by molar-refractivity contribution is -0.387. The number of halogens is 1. The molecule has 0 atom stereocenters. The molecule has 1 amide bonds. The van der Waals surface area contributed by atoms with E-state index in [0.717, 1.165) is 17.8 Å². The molecule has 0 bridgehead atoms. The van der Waals surface area contributed by atoms with Crippen molar-refractivity contribution in [2.45, 2.75) is 9.79 Å². The van der Waals surface area contributed by atoms with E-state index in [-0.39, 0.29) is 21.4 Å². The molecule has 170 valence electrons. The van der Waals surface area contributed by atoms with Crippen molar-refractivity contribution in [1.29, 1.82) is 0 Å². The van der Waals surface area contributed by atoms with Crippen molar-refractivity contribution < 1.29 is 18.1 Å². The highest BCUT2D eigenvalue weighted by Gasteiger charge is 2.31. The maximum absolute atomic E-state index is 13.0. The Hall–Kier alpha value is -3.43. The fourth-order valence-electron chi connectivity index (χ4n) is 3.79. The van der Waals surface area contributed by atoms with Crippen molar-refractivity contribution in [2.75, 3.05) is 31.1 Å². The van der Waals surface area contributed by atoms with E-state index >= 15 is 0 Å². The van der Waals surface area contributed by atoms with Crippen LogP contribution in [0.2, 0.25) is 5.02 Å². The van der Waals surface area contributed by atoms with Gasteiger partial charge in [0.25, 0.3) is 11.6 Å². The normalized spacial score (nSPS) is 14.2. The number of carbonyl (C=O) groups is 1. The summed E-state index contributed by atoms with van der Waals surface area (Å²) in [7, 11) is -4.26. The van der Waals surface area contributed by atoms with E-state index in [2.05, 4.69) is 4.90 Å². The second kappa shape index (κ2) is 9.21. The number of rotatable bonds is 5. The van der Waals surface area contributed by atoms with E-state index in [4.69, 9.17) is 11.6 Å². The van der Waals surface area contributed by atoms with Crippen molar-refractivity contribution in [2.24, 2.45) is 0 Å². The maximum atomic E-state index is 13.0. The van der Waals surface area contributed by atoms with Crippen molar-refractivity contribution >= 4 is 38.7 Å². The van der Waals surface area contributed by atoms with Gasteiger partial charge in [0.05, 0.1) is 14.8 Å². The van der Waals surface area contributed by atoms with Crippen LogP contribution in [0, 0.1) is 10.1 Å². The minimum atomic E-state index is -4.26. The topological polar surface area (TPSA) is 101 Å². The number of sulfone groups is 1. The lowest BCUT2D eigenvalue weighted by atomic mass is 10.1. The van der Waals surface area contributed by atoms with Gasteiger partial charge in [-0.15, -0.1) is 0 Å². The molecule has 0 saturated carbocycles. The molecule has 8 nitrogen and oxygen atoms in total. The predicted octanol–water partition coefficient (Wildman–Crippen LogP) is 4.04. The van der Waals surface area contributed by atoms with E-state index in [1.165, 1.54) is 24.3 Å². The quantitative estimate of drug-likeness (QED) is 0.399. The molecule has 0 unspecified atom stereocenters. The third-order valence-corrected chi connectivity index (χ3v) is 7.81. The van der Waals surface area contributed by atoms with Crippen molar-refractivity contribution in [1.82, 2.24) is 4.90 Å². The summed E-state index contributed by atoms with van der Waals surface area (Å²) >= 11 is 6.02. The Morgan fingerprint density at radius 2 is 1.52 bits per heavy atom. The van der Waals surface area contributed by atoms with Gasteiger partial charge in [-0.05, 0) is 36.4 Å². The van der Waals surface area contributed by atoms with Gasteiger partial charge in [0.2, 0.25) is 9.84 Å². The smallest absolute Gasteiger partial charge is 0.289 e. The highest BCUT2D eigenvalue weighted by atomic mass is 35.5. The van der Waals surface area contributed by atoms with Gasteiger partial charge < -0.3 is 9.80 Å². The van der Waals surface area contributed by atoms with Crippen LogP contribution >= 0.6 is 11.6 Å². The second-order valence-electron chi connectivity index (χ2n) is 7.49. The molecule has 10 heteroatoms. The Bertz CT molecular complexity index is 1310. The van der Waals surface area contributed by atoms with E-state index in [9.17, 15) is 23.3 Å². The first-order valence-electron chi connectivity index (χ1n) is 10.2. The first kappa shape index (κ1) is 22.8. The lowest BCUT2D eigenvalue weighted by Crippen LogP contribution is -2.48. The van der Waals surface area contributed by atoms with Crippen LogP contribution in [0.3, 0.4) is 0 Å². The average molecular weight is 486 g/mol.